The summed E-state index contributed by atoms with van der Waals surface area (Å²) in [7, 11) is 0. The molecule has 0 bridgehead atoms. The number of aryl methyl sites for hydroxylation is 1. The van der Waals surface area contributed by atoms with Crippen molar-refractivity contribution in [1.29, 1.82) is 0 Å². The number of hydrogen-bond donors (Lipinski definition) is 1. The molecule has 4 heteroatoms. The van der Waals surface area contributed by atoms with Crippen LogP contribution in [0.1, 0.15) is 43.9 Å². The average Bonchev–Trinajstić information content (AvgIpc) is 2.43. The van der Waals surface area contributed by atoms with Gasteiger partial charge < -0.3 is 10.6 Å². The Balaban J connectivity index is 2.22. The van der Waals surface area contributed by atoms with Crippen LogP contribution < -0.4 is 10.6 Å². The maximum absolute atomic E-state index is 5.63. The second kappa shape index (κ2) is 6.69. The van der Waals surface area contributed by atoms with Crippen LogP contribution in [-0.2, 0) is 12.8 Å². The zero-order valence-electron chi connectivity index (χ0n) is 11.4. The minimum Gasteiger partial charge on any atom is -0.356 e. The van der Waals surface area contributed by atoms with Crippen molar-refractivity contribution in [2.75, 3.05) is 24.5 Å². The van der Waals surface area contributed by atoms with Gasteiger partial charge in [-0.15, -0.1) is 0 Å². The van der Waals surface area contributed by atoms with Crippen molar-refractivity contribution in [2.24, 2.45) is 5.73 Å². The summed E-state index contributed by atoms with van der Waals surface area (Å²) in [5, 5.41) is 0. The highest BCUT2D eigenvalue weighted by atomic mass is 15.2. The molecule has 0 amide bonds. The molecule has 0 spiro atoms. The van der Waals surface area contributed by atoms with Crippen molar-refractivity contribution in [3.8, 4) is 0 Å². The van der Waals surface area contributed by atoms with E-state index in [2.05, 4.69) is 21.8 Å². The average molecular weight is 248 g/mol. The summed E-state index contributed by atoms with van der Waals surface area (Å²) >= 11 is 0. The third-order valence-electron chi connectivity index (χ3n) is 3.53. The molecule has 1 aromatic rings. The summed E-state index contributed by atoms with van der Waals surface area (Å²) in [6.45, 7) is 5.02. The Hall–Kier alpha value is -1.16. The van der Waals surface area contributed by atoms with E-state index in [9.17, 15) is 0 Å². The van der Waals surface area contributed by atoms with E-state index >= 15 is 0 Å². The van der Waals surface area contributed by atoms with Crippen molar-refractivity contribution in [1.82, 2.24) is 9.97 Å². The largest absolute Gasteiger partial charge is 0.356 e. The molecule has 0 radical (unpaired) electrons. The molecule has 0 saturated carbocycles. The standard InChI is InChI=1S/C14H24N4/c1-2-9-18(10-5-8-15)14-12-6-3-4-7-13(12)16-11-17-14/h11H,2-10,15H2,1H3. The van der Waals surface area contributed by atoms with Crippen LogP contribution in [0.5, 0.6) is 0 Å². The zero-order valence-corrected chi connectivity index (χ0v) is 11.4. The first-order valence-electron chi connectivity index (χ1n) is 7.14. The summed E-state index contributed by atoms with van der Waals surface area (Å²) in [6.07, 6.45) is 8.67. The van der Waals surface area contributed by atoms with Gasteiger partial charge in [-0.05, 0) is 45.1 Å². The molecule has 4 nitrogen and oxygen atoms in total. The van der Waals surface area contributed by atoms with Crippen LogP contribution >= 0.6 is 0 Å². The van der Waals surface area contributed by atoms with Gasteiger partial charge in [0.25, 0.3) is 0 Å². The normalized spacial score (nSPS) is 14.3. The second-order valence-corrected chi connectivity index (χ2v) is 4.96. The van der Waals surface area contributed by atoms with Crippen LogP contribution in [0, 0.1) is 0 Å². The quantitative estimate of drug-likeness (QED) is 0.835. The Kier molecular flexibility index (Phi) is 4.93. The number of fused-ring (bicyclic) bond motifs is 1. The summed E-state index contributed by atoms with van der Waals surface area (Å²) in [6, 6.07) is 0. The number of nitrogens with two attached hydrogens (primary N) is 1. The van der Waals surface area contributed by atoms with Gasteiger partial charge >= 0.3 is 0 Å². The van der Waals surface area contributed by atoms with Gasteiger partial charge in [0.05, 0.1) is 0 Å². The van der Waals surface area contributed by atoms with Crippen molar-refractivity contribution in [3.05, 3.63) is 17.6 Å². The monoisotopic (exact) mass is 248 g/mol. The van der Waals surface area contributed by atoms with Gasteiger partial charge in [-0.1, -0.05) is 6.92 Å². The minimum absolute atomic E-state index is 0.744. The van der Waals surface area contributed by atoms with E-state index in [-0.39, 0.29) is 0 Å². The molecular weight excluding hydrogens is 224 g/mol. The molecule has 0 atom stereocenters. The Bertz CT molecular complexity index is 378. The summed E-state index contributed by atoms with van der Waals surface area (Å²) in [5.41, 5.74) is 8.28. The maximum Gasteiger partial charge on any atom is 0.135 e. The van der Waals surface area contributed by atoms with Gasteiger partial charge in [0.2, 0.25) is 0 Å². The zero-order chi connectivity index (χ0) is 12.8. The predicted octanol–water partition coefficient (Wildman–Crippen LogP) is 1.92. The molecule has 2 rings (SSSR count). The summed E-state index contributed by atoms with van der Waals surface area (Å²) in [4.78, 5) is 11.4. The van der Waals surface area contributed by atoms with E-state index in [0.717, 1.165) is 51.1 Å². The number of anilines is 1. The first-order chi connectivity index (χ1) is 8.86. The lowest BCUT2D eigenvalue weighted by molar-refractivity contribution is 0.646. The van der Waals surface area contributed by atoms with Gasteiger partial charge in [0, 0.05) is 24.3 Å². The molecule has 0 aliphatic heterocycles. The van der Waals surface area contributed by atoms with Crippen molar-refractivity contribution >= 4 is 5.82 Å². The van der Waals surface area contributed by atoms with Crippen LogP contribution in [0.25, 0.3) is 0 Å². The molecule has 18 heavy (non-hydrogen) atoms. The molecule has 0 aromatic carbocycles. The Morgan fingerprint density at radius 1 is 1.22 bits per heavy atom. The van der Waals surface area contributed by atoms with Crippen LogP contribution in [0.4, 0.5) is 5.82 Å². The van der Waals surface area contributed by atoms with E-state index in [1.54, 1.807) is 6.33 Å². The highest BCUT2D eigenvalue weighted by molar-refractivity contribution is 5.49. The Labute approximate surface area is 110 Å². The van der Waals surface area contributed by atoms with Crippen LogP contribution in [0.3, 0.4) is 0 Å². The molecular formula is C14H24N4. The van der Waals surface area contributed by atoms with Crippen LogP contribution in [-0.4, -0.2) is 29.6 Å². The molecule has 0 saturated heterocycles. The third kappa shape index (κ3) is 2.99. The predicted molar refractivity (Wildman–Crippen MR) is 74.8 cm³/mol. The molecule has 100 valence electrons. The highest BCUT2D eigenvalue weighted by Crippen LogP contribution is 2.27. The fourth-order valence-electron chi connectivity index (χ4n) is 2.65. The maximum atomic E-state index is 5.63. The Morgan fingerprint density at radius 3 is 2.83 bits per heavy atom. The molecule has 1 heterocycles. The van der Waals surface area contributed by atoms with Crippen LogP contribution in [0.2, 0.25) is 0 Å². The number of rotatable bonds is 6. The molecule has 0 unspecified atom stereocenters. The first-order valence-corrected chi connectivity index (χ1v) is 7.14. The number of nitrogens with zero attached hydrogens (tertiary/aromatic N) is 3. The summed E-state index contributed by atoms with van der Waals surface area (Å²) < 4.78 is 0. The fraction of sp³-hybridized carbons (Fsp3) is 0.714. The van der Waals surface area contributed by atoms with Crippen molar-refractivity contribution in [2.45, 2.75) is 45.4 Å². The van der Waals surface area contributed by atoms with Crippen molar-refractivity contribution in [3.63, 3.8) is 0 Å². The van der Waals surface area contributed by atoms with Gasteiger partial charge in [0.15, 0.2) is 0 Å². The number of aromatic nitrogens is 2. The van der Waals surface area contributed by atoms with Gasteiger partial charge in [-0.25, -0.2) is 9.97 Å². The van der Waals surface area contributed by atoms with E-state index in [1.807, 2.05) is 0 Å². The van der Waals surface area contributed by atoms with Crippen LogP contribution in [0.15, 0.2) is 6.33 Å². The van der Waals surface area contributed by atoms with Gasteiger partial charge in [-0.2, -0.15) is 0 Å². The Morgan fingerprint density at radius 2 is 2.06 bits per heavy atom. The van der Waals surface area contributed by atoms with E-state index in [0.29, 0.717) is 0 Å². The SMILES string of the molecule is CCCN(CCCN)c1ncnc2c1CCCC2. The number of hydrogen-bond acceptors (Lipinski definition) is 4. The van der Waals surface area contributed by atoms with Crippen molar-refractivity contribution < 1.29 is 0 Å². The molecule has 1 aromatic heterocycles. The molecule has 1 aliphatic rings. The molecule has 2 N–H and O–H groups in total. The molecule has 0 fully saturated rings. The fourth-order valence-corrected chi connectivity index (χ4v) is 2.65. The molecule has 1 aliphatic carbocycles. The van der Waals surface area contributed by atoms with E-state index < -0.39 is 0 Å². The second-order valence-electron chi connectivity index (χ2n) is 4.96. The third-order valence-corrected chi connectivity index (χ3v) is 3.53. The first kappa shape index (κ1) is 13.3. The van der Waals surface area contributed by atoms with Gasteiger partial charge in [0.1, 0.15) is 12.1 Å². The van der Waals surface area contributed by atoms with E-state index in [1.165, 1.54) is 24.1 Å². The lowest BCUT2D eigenvalue weighted by Gasteiger charge is -2.27. The highest BCUT2D eigenvalue weighted by Gasteiger charge is 2.18. The topological polar surface area (TPSA) is 55.0 Å². The summed E-state index contributed by atoms with van der Waals surface area (Å²) in [5.74, 6) is 1.16. The minimum atomic E-state index is 0.744. The van der Waals surface area contributed by atoms with E-state index in [4.69, 9.17) is 5.73 Å². The van der Waals surface area contributed by atoms with Gasteiger partial charge in [-0.3, -0.25) is 0 Å². The lowest BCUT2D eigenvalue weighted by atomic mass is 9.96. The lowest BCUT2D eigenvalue weighted by Crippen LogP contribution is -2.29. The smallest absolute Gasteiger partial charge is 0.135 e.